The van der Waals surface area contributed by atoms with Gasteiger partial charge < -0.3 is 15.3 Å². The molecule has 2 unspecified atom stereocenters. The maximum Gasteiger partial charge on any atom is 0.327 e. The Hall–Kier alpha value is -0.750. The minimum Gasteiger partial charge on any atom is -0.480 e. The van der Waals surface area contributed by atoms with Crippen molar-refractivity contribution in [1.29, 1.82) is 0 Å². The van der Waals surface area contributed by atoms with Gasteiger partial charge in [0.05, 0.1) is 5.37 Å². The number of aliphatic carboxylic acids is 1. The number of nitrogens with one attached hydrogen (secondary N) is 1. The molecule has 0 aromatic heterocycles. The largest absolute Gasteiger partial charge is 0.480 e. The predicted octanol–water partition coefficient (Wildman–Crippen LogP) is 0.751. The van der Waals surface area contributed by atoms with Gasteiger partial charge in [-0.05, 0) is 38.8 Å². The maximum atomic E-state index is 12.3. The highest BCUT2D eigenvalue weighted by Gasteiger charge is 2.39. The first-order chi connectivity index (χ1) is 8.59. The smallest absolute Gasteiger partial charge is 0.327 e. The van der Waals surface area contributed by atoms with Crippen molar-refractivity contribution >= 4 is 23.6 Å². The van der Waals surface area contributed by atoms with Crippen LogP contribution in [0.4, 0.5) is 0 Å². The Morgan fingerprint density at radius 2 is 2.06 bits per heavy atom. The summed E-state index contributed by atoms with van der Waals surface area (Å²) in [6, 6.07) is -0.640. The van der Waals surface area contributed by atoms with Crippen LogP contribution in [0, 0.1) is 5.92 Å². The fraction of sp³-hybridized carbons (Fsp3) is 0.833. The highest BCUT2D eigenvalue weighted by Crippen LogP contribution is 2.30. The first-order valence-corrected chi connectivity index (χ1v) is 7.50. The molecule has 2 N–H and O–H groups in total. The van der Waals surface area contributed by atoms with Gasteiger partial charge in [-0.15, -0.1) is 11.8 Å². The van der Waals surface area contributed by atoms with Gasteiger partial charge in [0.25, 0.3) is 0 Å². The van der Waals surface area contributed by atoms with Crippen LogP contribution in [0.1, 0.15) is 26.2 Å². The number of rotatable bonds is 3. The Balaban J connectivity index is 1.95. The maximum absolute atomic E-state index is 12.3. The van der Waals surface area contributed by atoms with Crippen molar-refractivity contribution in [3.63, 3.8) is 0 Å². The molecule has 0 aliphatic carbocycles. The van der Waals surface area contributed by atoms with Gasteiger partial charge in [-0.3, -0.25) is 4.79 Å². The van der Waals surface area contributed by atoms with E-state index in [-0.39, 0.29) is 11.3 Å². The van der Waals surface area contributed by atoms with E-state index in [0.717, 1.165) is 25.9 Å². The third-order valence-electron chi connectivity index (χ3n) is 3.72. The molecule has 0 aromatic rings. The predicted molar refractivity (Wildman–Crippen MR) is 70.4 cm³/mol. The lowest BCUT2D eigenvalue weighted by Crippen LogP contribution is -2.45. The number of piperidine rings is 1. The number of carboxylic acids is 1. The molecule has 0 aromatic carbocycles. The van der Waals surface area contributed by atoms with Crippen molar-refractivity contribution in [1.82, 2.24) is 10.2 Å². The van der Waals surface area contributed by atoms with E-state index in [1.807, 2.05) is 6.92 Å². The van der Waals surface area contributed by atoms with Crippen molar-refractivity contribution < 1.29 is 14.7 Å². The molecule has 2 saturated heterocycles. The number of carbonyl (C=O) groups is 2. The van der Waals surface area contributed by atoms with Gasteiger partial charge in [0.15, 0.2) is 0 Å². The molecule has 0 radical (unpaired) electrons. The normalized spacial score (nSPS) is 29.5. The summed E-state index contributed by atoms with van der Waals surface area (Å²) in [5.41, 5.74) is 0. The summed E-state index contributed by atoms with van der Waals surface area (Å²) >= 11 is 1.54. The number of hydrogen-bond acceptors (Lipinski definition) is 4. The quantitative estimate of drug-likeness (QED) is 0.793. The van der Waals surface area contributed by atoms with Crippen LogP contribution in [-0.4, -0.2) is 52.1 Å². The van der Waals surface area contributed by atoms with Gasteiger partial charge >= 0.3 is 5.97 Å². The van der Waals surface area contributed by atoms with Crippen LogP contribution in [0.3, 0.4) is 0 Å². The molecular formula is C12H20N2O3S. The zero-order valence-electron chi connectivity index (χ0n) is 10.6. The van der Waals surface area contributed by atoms with E-state index < -0.39 is 12.0 Å². The molecule has 102 valence electrons. The van der Waals surface area contributed by atoms with Crippen molar-refractivity contribution in [2.75, 3.05) is 18.8 Å². The second kappa shape index (κ2) is 5.93. The Morgan fingerprint density at radius 3 is 2.67 bits per heavy atom. The summed E-state index contributed by atoms with van der Waals surface area (Å²) in [4.78, 5) is 25.0. The number of nitrogens with zero attached hydrogens (tertiary/aromatic N) is 1. The topological polar surface area (TPSA) is 69.6 Å². The average Bonchev–Trinajstić information content (AvgIpc) is 2.72. The summed E-state index contributed by atoms with van der Waals surface area (Å²) in [5, 5.41) is 12.4. The van der Waals surface area contributed by atoms with Crippen LogP contribution in [0.15, 0.2) is 0 Å². The molecule has 2 aliphatic heterocycles. The van der Waals surface area contributed by atoms with Gasteiger partial charge in [0.2, 0.25) is 5.91 Å². The summed E-state index contributed by atoms with van der Waals surface area (Å²) in [7, 11) is 0. The average molecular weight is 272 g/mol. The molecule has 2 heterocycles. The van der Waals surface area contributed by atoms with Gasteiger partial charge in [-0.1, -0.05) is 0 Å². The monoisotopic (exact) mass is 272 g/mol. The van der Waals surface area contributed by atoms with Crippen LogP contribution in [0.25, 0.3) is 0 Å². The van der Waals surface area contributed by atoms with Crippen molar-refractivity contribution in [3.8, 4) is 0 Å². The Morgan fingerprint density at radius 1 is 1.39 bits per heavy atom. The lowest BCUT2D eigenvalue weighted by molar-refractivity contribution is -0.149. The second-order valence-corrected chi connectivity index (χ2v) is 6.33. The SMILES string of the molecule is CC1SCC(C(=O)O)N1C(=O)CC1CCNCC1. The van der Waals surface area contributed by atoms with E-state index in [0.29, 0.717) is 18.1 Å². The van der Waals surface area contributed by atoms with E-state index in [4.69, 9.17) is 5.11 Å². The van der Waals surface area contributed by atoms with Crippen LogP contribution in [0.2, 0.25) is 0 Å². The first kappa shape index (κ1) is 13.7. The lowest BCUT2D eigenvalue weighted by atomic mass is 9.94. The number of carbonyl (C=O) groups excluding carboxylic acids is 1. The van der Waals surface area contributed by atoms with Crippen LogP contribution in [0.5, 0.6) is 0 Å². The Kier molecular flexibility index (Phi) is 4.50. The fourth-order valence-electron chi connectivity index (χ4n) is 2.65. The first-order valence-electron chi connectivity index (χ1n) is 6.46. The van der Waals surface area contributed by atoms with Crippen LogP contribution >= 0.6 is 11.8 Å². The third kappa shape index (κ3) is 2.98. The summed E-state index contributed by atoms with van der Waals surface area (Å²) in [6.45, 7) is 3.84. The summed E-state index contributed by atoms with van der Waals surface area (Å²) in [5.74, 6) is 0.0392. The number of amides is 1. The van der Waals surface area contributed by atoms with Crippen LogP contribution in [-0.2, 0) is 9.59 Å². The van der Waals surface area contributed by atoms with Crippen molar-refractivity contribution in [3.05, 3.63) is 0 Å². The molecule has 2 atom stereocenters. The van der Waals surface area contributed by atoms with Gasteiger partial charge in [-0.25, -0.2) is 4.79 Å². The van der Waals surface area contributed by atoms with Gasteiger partial charge in [0.1, 0.15) is 6.04 Å². The van der Waals surface area contributed by atoms with Gasteiger partial charge in [0, 0.05) is 12.2 Å². The molecule has 0 spiro atoms. The molecule has 5 nitrogen and oxygen atoms in total. The molecule has 6 heteroatoms. The second-order valence-electron chi connectivity index (χ2n) is 4.99. The zero-order chi connectivity index (χ0) is 13.1. The van der Waals surface area contributed by atoms with E-state index in [2.05, 4.69) is 5.32 Å². The fourth-order valence-corrected chi connectivity index (χ4v) is 3.84. The standard InChI is InChI=1S/C12H20N2O3S/c1-8-14(10(7-18-8)12(16)17)11(15)6-9-2-4-13-5-3-9/h8-10,13H,2-7H2,1H3,(H,16,17). The summed E-state index contributed by atoms with van der Waals surface area (Å²) in [6.07, 6.45) is 2.52. The third-order valence-corrected chi connectivity index (χ3v) is 4.94. The lowest BCUT2D eigenvalue weighted by Gasteiger charge is -2.28. The minimum atomic E-state index is -0.884. The molecule has 2 rings (SSSR count). The Bertz CT molecular complexity index is 331. The highest BCUT2D eigenvalue weighted by molar-refractivity contribution is 8.00. The highest BCUT2D eigenvalue weighted by atomic mass is 32.2. The van der Waals surface area contributed by atoms with Crippen molar-refractivity contribution in [2.45, 2.75) is 37.6 Å². The molecule has 0 bridgehead atoms. The van der Waals surface area contributed by atoms with E-state index >= 15 is 0 Å². The van der Waals surface area contributed by atoms with E-state index in [1.54, 1.807) is 16.7 Å². The van der Waals surface area contributed by atoms with Crippen molar-refractivity contribution in [2.24, 2.45) is 5.92 Å². The van der Waals surface area contributed by atoms with E-state index in [9.17, 15) is 9.59 Å². The number of thioether (sulfide) groups is 1. The van der Waals surface area contributed by atoms with Crippen LogP contribution < -0.4 is 5.32 Å². The molecule has 18 heavy (non-hydrogen) atoms. The van der Waals surface area contributed by atoms with Gasteiger partial charge in [-0.2, -0.15) is 0 Å². The number of carboxylic acid groups (broad SMARTS) is 1. The molecule has 2 fully saturated rings. The number of hydrogen-bond donors (Lipinski definition) is 2. The summed E-state index contributed by atoms with van der Waals surface area (Å²) < 4.78 is 0. The minimum absolute atomic E-state index is 0.00630. The molecule has 0 saturated carbocycles. The molecular weight excluding hydrogens is 252 g/mol. The Labute approximate surface area is 111 Å². The molecule has 2 aliphatic rings. The van der Waals surface area contributed by atoms with E-state index in [1.165, 1.54) is 0 Å². The molecule has 1 amide bonds. The zero-order valence-corrected chi connectivity index (χ0v) is 11.4.